The van der Waals surface area contributed by atoms with Gasteiger partial charge in [-0.3, -0.25) is 4.79 Å². The van der Waals surface area contributed by atoms with Gasteiger partial charge in [-0.05, 0) is 26.8 Å². The third-order valence-corrected chi connectivity index (χ3v) is 4.65. The summed E-state index contributed by atoms with van der Waals surface area (Å²) < 4.78 is 13.1. The Morgan fingerprint density at radius 2 is 2.04 bits per heavy atom. The second kappa shape index (κ2) is 6.21. The van der Waals surface area contributed by atoms with E-state index in [0.717, 1.165) is 17.2 Å². The summed E-state index contributed by atoms with van der Waals surface area (Å²) in [6.45, 7) is 7.06. The zero-order valence-electron chi connectivity index (χ0n) is 15.3. The van der Waals surface area contributed by atoms with Crippen LogP contribution in [0.5, 0.6) is 0 Å². The van der Waals surface area contributed by atoms with Crippen molar-refractivity contribution >= 4 is 17.0 Å². The van der Waals surface area contributed by atoms with Crippen LogP contribution in [0.4, 0.5) is 0 Å². The Morgan fingerprint density at radius 1 is 1.23 bits per heavy atom. The van der Waals surface area contributed by atoms with E-state index in [4.69, 9.17) is 9.26 Å². The van der Waals surface area contributed by atoms with Gasteiger partial charge in [0, 0.05) is 25.5 Å². The third-order valence-electron chi connectivity index (χ3n) is 4.65. The predicted octanol–water partition coefficient (Wildman–Crippen LogP) is 2.10. The number of hydrogen-bond donors (Lipinski definition) is 0. The lowest BCUT2D eigenvalue weighted by molar-refractivity contribution is -0.0278. The SMILES string of the molecule is Cc1cn(C)c([C@H]2CN(C(=O)c3cc(C)nc4onc(C)c34)CCO2)n1. The maximum absolute atomic E-state index is 13.2. The molecule has 0 aliphatic carbocycles. The number of hydrogen-bond acceptors (Lipinski definition) is 6. The molecule has 0 bridgehead atoms. The van der Waals surface area contributed by atoms with Gasteiger partial charge >= 0.3 is 0 Å². The van der Waals surface area contributed by atoms with Gasteiger partial charge in [-0.1, -0.05) is 5.16 Å². The predicted molar refractivity (Wildman–Crippen MR) is 93.8 cm³/mol. The van der Waals surface area contributed by atoms with Gasteiger partial charge in [0.05, 0.1) is 35.5 Å². The fourth-order valence-corrected chi connectivity index (χ4v) is 3.48. The number of imidazole rings is 1. The number of pyridine rings is 1. The van der Waals surface area contributed by atoms with Crippen molar-refractivity contribution in [3.8, 4) is 0 Å². The average Bonchev–Trinajstić information content (AvgIpc) is 3.15. The van der Waals surface area contributed by atoms with Crippen LogP contribution in [-0.4, -0.2) is 50.2 Å². The molecule has 4 rings (SSSR count). The molecule has 8 nitrogen and oxygen atoms in total. The Hall–Kier alpha value is -2.74. The van der Waals surface area contributed by atoms with Crippen molar-refractivity contribution in [1.29, 1.82) is 0 Å². The number of rotatable bonds is 2. The molecular formula is C18H21N5O3. The zero-order chi connectivity index (χ0) is 18.4. The number of carbonyl (C=O) groups is 1. The lowest BCUT2D eigenvalue weighted by Crippen LogP contribution is -2.43. The van der Waals surface area contributed by atoms with Gasteiger partial charge in [-0.25, -0.2) is 9.97 Å². The van der Waals surface area contributed by atoms with Crippen LogP contribution in [0.2, 0.25) is 0 Å². The maximum atomic E-state index is 13.2. The third kappa shape index (κ3) is 2.76. The van der Waals surface area contributed by atoms with E-state index in [9.17, 15) is 4.79 Å². The summed E-state index contributed by atoms with van der Waals surface area (Å²) >= 11 is 0. The highest BCUT2D eigenvalue weighted by Crippen LogP contribution is 2.26. The zero-order valence-corrected chi connectivity index (χ0v) is 15.3. The fraction of sp³-hybridized carbons (Fsp3) is 0.444. The molecule has 0 radical (unpaired) electrons. The monoisotopic (exact) mass is 355 g/mol. The molecule has 1 aliphatic rings. The Kier molecular flexibility index (Phi) is 3.99. The first kappa shape index (κ1) is 16.7. The van der Waals surface area contributed by atoms with Gasteiger partial charge in [0.2, 0.25) is 0 Å². The number of ether oxygens (including phenoxy) is 1. The van der Waals surface area contributed by atoms with E-state index in [0.29, 0.717) is 42.1 Å². The summed E-state index contributed by atoms with van der Waals surface area (Å²) in [5, 5.41) is 4.63. The molecule has 0 aromatic carbocycles. The van der Waals surface area contributed by atoms with Gasteiger partial charge in [-0.15, -0.1) is 0 Å². The van der Waals surface area contributed by atoms with Gasteiger partial charge in [0.15, 0.2) is 0 Å². The van der Waals surface area contributed by atoms with Crippen molar-refractivity contribution in [2.24, 2.45) is 7.05 Å². The smallest absolute Gasteiger partial charge is 0.258 e. The van der Waals surface area contributed by atoms with Gasteiger partial charge in [0.1, 0.15) is 11.9 Å². The van der Waals surface area contributed by atoms with E-state index in [1.165, 1.54) is 0 Å². The van der Waals surface area contributed by atoms with Gasteiger partial charge in [0.25, 0.3) is 11.6 Å². The highest BCUT2D eigenvalue weighted by atomic mass is 16.5. The molecule has 1 atom stereocenters. The van der Waals surface area contributed by atoms with Crippen molar-refractivity contribution in [3.05, 3.63) is 40.7 Å². The van der Waals surface area contributed by atoms with Crippen LogP contribution in [0.15, 0.2) is 16.8 Å². The Bertz CT molecular complexity index is 990. The normalized spacial score (nSPS) is 17.8. The molecule has 3 aromatic rings. The van der Waals surface area contributed by atoms with Crippen LogP contribution in [0.3, 0.4) is 0 Å². The minimum absolute atomic E-state index is 0.0639. The summed E-state index contributed by atoms with van der Waals surface area (Å²) in [5.74, 6) is 0.767. The van der Waals surface area contributed by atoms with E-state index < -0.39 is 0 Å². The van der Waals surface area contributed by atoms with Crippen LogP contribution in [0, 0.1) is 20.8 Å². The molecule has 0 spiro atoms. The largest absolute Gasteiger partial charge is 0.367 e. The second-order valence-electron chi connectivity index (χ2n) is 6.72. The molecule has 26 heavy (non-hydrogen) atoms. The molecule has 1 saturated heterocycles. The number of fused-ring (bicyclic) bond motifs is 1. The molecule has 0 N–H and O–H groups in total. The van der Waals surface area contributed by atoms with Crippen LogP contribution in [-0.2, 0) is 11.8 Å². The second-order valence-corrected chi connectivity index (χ2v) is 6.72. The van der Waals surface area contributed by atoms with Crippen molar-refractivity contribution in [2.45, 2.75) is 26.9 Å². The van der Waals surface area contributed by atoms with E-state index in [1.54, 1.807) is 11.0 Å². The molecule has 3 aromatic heterocycles. The maximum Gasteiger partial charge on any atom is 0.258 e. The van der Waals surface area contributed by atoms with E-state index in [2.05, 4.69) is 15.1 Å². The topological polar surface area (TPSA) is 86.3 Å². The number of nitrogens with zero attached hydrogens (tertiary/aromatic N) is 5. The van der Waals surface area contributed by atoms with Crippen LogP contribution < -0.4 is 0 Å². The van der Waals surface area contributed by atoms with Crippen LogP contribution >= 0.6 is 0 Å². The molecule has 8 heteroatoms. The molecule has 0 saturated carbocycles. The minimum Gasteiger partial charge on any atom is -0.367 e. The first-order chi connectivity index (χ1) is 12.4. The Morgan fingerprint density at radius 3 is 2.77 bits per heavy atom. The molecule has 0 unspecified atom stereocenters. The van der Waals surface area contributed by atoms with Crippen LogP contribution in [0.25, 0.3) is 11.1 Å². The average molecular weight is 355 g/mol. The van der Waals surface area contributed by atoms with E-state index in [-0.39, 0.29) is 12.0 Å². The van der Waals surface area contributed by atoms with E-state index in [1.807, 2.05) is 38.6 Å². The van der Waals surface area contributed by atoms with Crippen LogP contribution in [0.1, 0.15) is 39.4 Å². The molecule has 4 heterocycles. The number of aryl methyl sites for hydroxylation is 4. The van der Waals surface area contributed by atoms with Gasteiger partial charge < -0.3 is 18.7 Å². The molecular weight excluding hydrogens is 334 g/mol. The number of carbonyl (C=O) groups excluding carboxylic acids is 1. The quantitative estimate of drug-likeness (QED) is 0.700. The molecule has 1 amide bonds. The Balaban J connectivity index is 1.66. The fourth-order valence-electron chi connectivity index (χ4n) is 3.48. The summed E-state index contributed by atoms with van der Waals surface area (Å²) in [4.78, 5) is 23.9. The summed E-state index contributed by atoms with van der Waals surface area (Å²) in [5.41, 5.74) is 3.29. The standard InChI is InChI=1S/C18H21N5O3/c1-10-7-13(15-12(3)21-26-17(15)20-10)18(24)23-5-6-25-14(9-23)16-19-11(2)8-22(16)4/h7-8,14H,5-6,9H2,1-4H3/t14-/m1/s1. The first-order valence-corrected chi connectivity index (χ1v) is 8.58. The lowest BCUT2D eigenvalue weighted by Gasteiger charge is -2.32. The highest BCUT2D eigenvalue weighted by molar-refractivity contribution is 6.06. The first-order valence-electron chi connectivity index (χ1n) is 8.58. The van der Waals surface area contributed by atoms with Crippen molar-refractivity contribution in [3.63, 3.8) is 0 Å². The lowest BCUT2D eigenvalue weighted by atomic mass is 10.1. The summed E-state index contributed by atoms with van der Waals surface area (Å²) in [6.07, 6.45) is 1.71. The number of aromatic nitrogens is 4. The Labute approximate surface area is 150 Å². The molecule has 1 fully saturated rings. The van der Waals surface area contributed by atoms with Gasteiger partial charge in [-0.2, -0.15) is 0 Å². The number of amides is 1. The van der Waals surface area contributed by atoms with Crippen molar-refractivity contribution in [2.75, 3.05) is 19.7 Å². The summed E-state index contributed by atoms with van der Waals surface area (Å²) in [7, 11) is 1.94. The van der Waals surface area contributed by atoms with Crippen molar-refractivity contribution in [1.82, 2.24) is 24.6 Å². The number of morpholine rings is 1. The van der Waals surface area contributed by atoms with Crippen molar-refractivity contribution < 1.29 is 14.1 Å². The summed E-state index contributed by atoms with van der Waals surface area (Å²) in [6, 6.07) is 1.80. The van der Waals surface area contributed by atoms with E-state index >= 15 is 0 Å². The highest BCUT2D eigenvalue weighted by Gasteiger charge is 2.30. The molecule has 1 aliphatic heterocycles. The minimum atomic E-state index is -0.242. The molecule has 136 valence electrons.